The molecule has 3 aromatic rings. The summed E-state index contributed by atoms with van der Waals surface area (Å²) in [6, 6.07) is 8.21. The molecule has 1 aliphatic rings. The molecule has 0 saturated carbocycles. The second kappa shape index (κ2) is 7.80. The van der Waals surface area contributed by atoms with E-state index in [2.05, 4.69) is 32.9 Å². The Labute approximate surface area is 168 Å². The van der Waals surface area contributed by atoms with E-state index in [4.69, 9.17) is 4.98 Å². The van der Waals surface area contributed by atoms with Gasteiger partial charge < -0.3 is 0 Å². The lowest BCUT2D eigenvalue weighted by Gasteiger charge is -2.19. The normalized spacial score (nSPS) is 16.6. The summed E-state index contributed by atoms with van der Waals surface area (Å²) in [6.45, 7) is 6.52. The second-order valence-corrected chi connectivity index (χ2v) is 9.63. The van der Waals surface area contributed by atoms with Gasteiger partial charge in [-0.05, 0) is 56.2 Å². The van der Waals surface area contributed by atoms with E-state index in [0.717, 1.165) is 52.5 Å². The van der Waals surface area contributed by atoms with Gasteiger partial charge in [-0.25, -0.2) is 4.98 Å². The van der Waals surface area contributed by atoms with Crippen molar-refractivity contribution in [3.8, 4) is 5.69 Å². The average molecular weight is 399 g/mol. The maximum Gasteiger partial charge on any atom is 0.267 e. The fourth-order valence-corrected chi connectivity index (χ4v) is 6.32. The maximum absolute atomic E-state index is 13.7. The lowest BCUT2D eigenvalue weighted by atomic mass is 9.88. The van der Waals surface area contributed by atoms with E-state index in [9.17, 15) is 4.79 Å². The van der Waals surface area contributed by atoms with Crippen LogP contribution in [0.4, 0.5) is 0 Å². The molecule has 3 nitrogen and oxygen atoms in total. The van der Waals surface area contributed by atoms with Gasteiger partial charge in [0.15, 0.2) is 5.16 Å². The number of rotatable bonds is 5. The van der Waals surface area contributed by atoms with E-state index < -0.39 is 0 Å². The summed E-state index contributed by atoms with van der Waals surface area (Å²) in [7, 11) is 0. The van der Waals surface area contributed by atoms with Gasteiger partial charge in [-0.2, -0.15) is 0 Å². The smallest absolute Gasteiger partial charge is 0.267 e. The van der Waals surface area contributed by atoms with Crippen molar-refractivity contribution < 1.29 is 0 Å². The SMILES string of the molecule is CCCCSc1nc2sc3c(c2c(=O)n1-c1ccc(C)cc1)C(C)CCC3. The highest BCUT2D eigenvalue weighted by molar-refractivity contribution is 7.99. The monoisotopic (exact) mass is 398 g/mol. The fraction of sp³-hybridized carbons (Fsp3) is 0.455. The van der Waals surface area contributed by atoms with E-state index >= 15 is 0 Å². The number of thiophene rings is 1. The highest BCUT2D eigenvalue weighted by atomic mass is 32.2. The van der Waals surface area contributed by atoms with Crippen LogP contribution in [0, 0.1) is 6.92 Å². The Hall–Kier alpha value is -1.59. The van der Waals surface area contributed by atoms with Gasteiger partial charge in [0.1, 0.15) is 4.83 Å². The van der Waals surface area contributed by atoms with Crippen LogP contribution in [0.3, 0.4) is 0 Å². The molecule has 0 fully saturated rings. The highest BCUT2D eigenvalue weighted by Crippen LogP contribution is 2.40. The Balaban J connectivity index is 1.95. The van der Waals surface area contributed by atoms with Crippen molar-refractivity contribution >= 4 is 33.3 Å². The molecule has 0 radical (unpaired) electrons. The van der Waals surface area contributed by atoms with Gasteiger partial charge in [-0.15, -0.1) is 11.3 Å². The minimum absolute atomic E-state index is 0.106. The van der Waals surface area contributed by atoms with Gasteiger partial charge in [0.2, 0.25) is 0 Å². The zero-order valence-electron chi connectivity index (χ0n) is 16.2. The summed E-state index contributed by atoms with van der Waals surface area (Å²) in [4.78, 5) is 21.0. The van der Waals surface area contributed by atoms with Crippen LogP contribution in [-0.4, -0.2) is 15.3 Å². The molecule has 1 atom stereocenters. The largest absolute Gasteiger partial charge is 0.268 e. The molecule has 1 unspecified atom stereocenters. The van der Waals surface area contributed by atoms with E-state index in [-0.39, 0.29) is 5.56 Å². The third-order valence-corrected chi connectivity index (χ3v) is 7.55. The van der Waals surface area contributed by atoms with Crippen LogP contribution in [0.2, 0.25) is 0 Å². The molecule has 0 aliphatic heterocycles. The van der Waals surface area contributed by atoms with Gasteiger partial charge in [-0.1, -0.05) is 49.7 Å². The van der Waals surface area contributed by atoms with Crippen molar-refractivity contribution in [3.63, 3.8) is 0 Å². The van der Waals surface area contributed by atoms with Crippen molar-refractivity contribution in [2.24, 2.45) is 0 Å². The molecule has 27 heavy (non-hydrogen) atoms. The standard InChI is InChI=1S/C22H26N2OS2/c1-4-5-13-26-22-23-20-19(18-15(3)7-6-8-17(18)27-20)21(25)24(22)16-11-9-14(2)10-12-16/h9-12,15H,4-8,13H2,1-3H3. The number of aromatic nitrogens is 2. The molecule has 142 valence electrons. The topological polar surface area (TPSA) is 34.9 Å². The number of hydrogen-bond donors (Lipinski definition) is 0. The van der Waals surface area contributed by atoms with Crippen LogP contribution in [0.25, 0.3) is 15.9 Å². The van der Waals surface area contributed by atoms with Crippen molar-refractivity contribution in [3.05, 3.63) is 50.6 Å². The third kappa shape index (κ3) is 3.47. The summed E-state index contributed by atoms with van der Waals surface area (Å²) in [5, 5.41) is 1.69. The van der Waals surface area contributed by atoms with Crippen LogP contribution in [0.15, 0.2) is 34.2 Å². The first-order valence-corrected chi connectivity index (χ1v) is 11.7. The first kappa shape index (κ1) is 18.8. The Morgan fingerprint density at radius 1 is 1.30 bits per heavy atom. The number of benzene rings is 1. The molecule has 0 spiro atoms. The van der Waals surface area contributed by atoms with E-state index in [0.29, 0.717) is 5.92 Å². The van der Waals surface area contributed by atoms with Crippen LogP contribution < -0.4 is 5.56 Å². The Morgan fingerprint density at radius 2 is 2.07 bits per heavy atom. The van der Waals surface area contributed by atoms with Crippen molar-refractivity contribution in [1.29, 1.82) is 0 Å². The summed E-state index contributed by atoms with van der Waals surface area (Å²) in [5.74, 6) is 1.43. The summed E-state index contributed by atoms with van der Waals surface area (Å²) < 4.78 is 1.84. The molecule has 0 saturated heterocycles. The molecule has 1 aromatic carbocycles. The summed E-state index contributed by atoms with van der Waals surface area (Å²) in [6.07, 6.45) is 5.74. The van der Waals surface area contributed by atoms with Gasteiger partial charge in [-0.3, -0.25) is 9.36 Å². The van der Waals surface area contributed by atoms with Crippen LogP contribution in [0.5, 0.6) is 0 Å². The number of thioether (sulfide) groups is 1. The number of fused-ring (bicyclic) bond motifs is 3. The molecule has 0 bridgehead atoms. The first-order chi connectivity index (χ1) is 13.1. The van der Waals surface area contributed by atoms with Gasteiger partial charge in [0, 0.05) is 10.6 Å². The lowest BCUT2D eigenvalue weighted by Crippen LogP contribution is -2.22. The number of hydrogen-bond acceptors (Lipinski definition) is 4. The van der Waals surface area contributed by atoms with E-state index in [1.54, 1.807) is 23.1 Å². The first-order valence-electron chi connectivity index (χ1n) is 9.88. The van der Waals surface area contributed by atoms with Crippen LogP contribution >= 0.6 is 23.1 Å². The number of aryl methyl sites for hydroxylation is 2. The summed E-state index contributed by atoms with van der Waals surface area (Å²) >= 11 is 3.44. The molecule has 5 heteroatoms. The predicted molar refractivity (Wildman–Crippen MR) is 117 cm³/mol. The van der Waals surface area contributed by atoms with Crippen molar-refractivity contribution in [2.75, 3.05) is 5.75 Å². The van der Waals surface area contributed by atoms with Crippen LogP contribution in [-0.2, 0) is 6.42 Å². The zero-order valence-corrected chi connectivity index (χ0v) is 17.9. The summed E-state index contributed by atoms with van der Waals surface area (Å²) in [5.41, 5.74) is 3.49. The average Bonchev–Trinajstić information content (AvgIpc) is 3.03. The quantitative estimate of drug-likeness (QED) is 0.296. The van der Waals surface area contributed by atoms with E-state index in [1.807, 2.05) is 16.7 Å². The Morgan fingerprint density at radius 3 is 2.81 bits per heavy atom. The van der Waals surface area contributed by atoms with Crippen molar-refractivity contribution in [2.45, 2.75) is 63.9 Å². The van der Waals surface area contributed by atoms with Gasteiger partial charge in [0.25, 0.3) is 5.56 Å². The minimum atomic E-state index is 0.106. The van der Waals surface area contributed by atoms with Crippen molar-refractivity contribution in [1.82, 2.24) is 9.55 Å². The Bertz CT molecular complexity index is 1020. The third-order valence-electron chi connectivity index (χ3n) is 5.36. The van der Waals surface area contributed by atoms with Gasteiger partial charge in [0.05, 0.1) is 11.1 Å². The van der Waals surface area contributed by atoms with Crippen LogP contribution in [0.1, 0.15) is 61.5 Å². The molecule has 2 aromatic heterocycles. The van der Waals surface area contributed by atoms with Gasteiger partial charge >= 0.3 is 0 Å². The number of nitrogens with zero attached hydrogens (tertiary/aromatic N) is 2. The number of unbranched alkanes of at least 4 members (excludes halogenated alkanes) is 1. The fourth-order valence-electron chi connectivity index (χ4n) is 3.84. The molecule has 0 amide bonds. The molecule has 4 rings (SSSR count). The highest BCUT2D eigenvalue weighted by Gasteiger charge is 2.26. The molecule has 0 N–H and O–H groups in total. The lowest BCUT2D eigenvalue weighted by molar-refractivity contribution is 0.601. The zero-order chi connectivity index (χ0) is 19.0. The maximum atomic E-state index is 13.7. The Kier molecular flexibility index (Phi) is 5.42. The molecule has 2 heterocycles. The molecule has 1 aliphatic carbocycles. The van der Waals surface area contributed by atoms with E-state index in [1.165, 1.54) is 22.4 Å². The predicted octanol–water partition coefficient (Wildman–Crippen LogP) is 6.09. The minimum Gasteiger partial charge on any atom is -0.268 e. The second-order valence-electron chi connectivity index (χ2n) is 7.48. The molecular weight excluding hydrogens is 372 g/mol. The molecular formula is C22H26N2OS2.